The molecule has 0 amide bonds. The zero-order chi connectivity index (χ0) is 23.4. The second-order valence-corrected chi connectivity index (χ2v) is 6.66. The third kappa shape index (κ3) is 7.69. The van der Waals surface area contributed by atoms with Gasteiger partial charge >= 0.3 is 17.9 Å². The van der Waals surface area contributed by atoms with Crippen molar-refractivity contribution in [1.29, 1.82) is 0 Å². The van der Waals surface area contributed by atoms with Gasteiger partial charge in [0.05, 0.1) is 26.7 Å². The lowest BCUT2D eigenvalue weighted by Crippen LogP contribution is -2.28. The third-order valence-electron chi connectivity index (χ3n) is 4.50. The van der Waals surface area contributed by atoms with Crippen molar-refractivity contribution in [2.24, 2.45) is 5.92 Å². The quantitative estimate of drug-likeness (QED) is 0.218. The minimum Gasteiger partial charge on any atom is -0.492 e. The maximum absolute atomic E-state index is 12.5. The van der Waals surface area contributed by atoms with Crippen LogP contribution in [0, 0.1) is 5.92 Å². The average molecular weight is 438 g/mol. The average Bonchev–Trinajstić information content (AvgIpc) is 2.77. The normalized spacial score (nSPS) is 12.8. The summed E-state index contributed by atoms with van der Waals surface area (Å²) in [6.07, 6.45) is 3.75. The number of esters is 3. The second kappa shape index (κ2) is 13.4. The lowest BCUT2D eigenvalue weighted by molar-refractivity contribution is -0.164. The largest absolute Gasteiger partial charge is 0.492 e. The minimum atomic E-state index is -1.80. The molecule has 0 radical (unpaired) electrons. The molecular formula is C22H30O9. The summed E-state index contributed by atoms with van der Waals surface area (Å²) in [6.45, 7) is 3.12. The Morgan fingerprint density at radius 1 is 1.06 bits per heavy atom. The van der Waals surface area contributed by atoms with Crippen molar-refractivity contribution in [2.75, 3.05) is 20.8 Å². The molecule has 9 heteroatoms. The van der Waals surface area contributed by atoms with Crippen LogP contribution in [0.5, 0.6) is 17.2 Å². The molecule has 2 atom stereocenters. The van der Waals surface area contributed by atoms with Gasteiger partial charge in [0, 0.05) is 11.6 Å². The van der Waals surface area contributed by atoms with Gasteiger partial charge in [0.25, 0.3) is 0 Å². The number of benzene rings is 1. The number of aliphatic hydroxyl groups excluding tert-OH is 2. The smallest absolute Gasteiger partial charge is 0.345 e. The molecule has 0 aromatic heterocycles. The number of hydrogen-bond acceptors (Lipinski definition) is 9. The number of rotatable bonds is 12. The van der Waals surface area contributed by atoms with Crippen LogP contribution in [0.15, 0.2) is 18.2 Å². The number of ether oxygens (including phenoxy) is 4. The van der Waals surface area contributed by atoms with Crippen molar-refractivity contribution in [3.8, 4) is 17.2 Å². The molecule has 0 saturated carbocycles. The van der Waals surface area contributed by atoms with Gasteiger partial charge in [-0.25, -0.2) is 9.59 Å². The summed E-state index contributed by atoms with van der Waals surface area (Å²) in [5, 5.41) is 17.8. The van der Waals surface area contributed by atoms with Crippen LogP contribution in [-0.2, 0) is 19.1 Å². The van der Waals surface area contributed by atoms with E-state index in [0.29, 0.717) is 12.0 Å². The highest BCUT2D eigenvalue weighted by molar-refractivity contribution is 5.96. The van der Waals surface area contributed by atoms with Crippen molar-refractivity contribution in [3.05, 3.63) is 23.8 Å². The van der Waals surface area contributed by atoms with Gasteiger partial charge in [0.2, 0.25) is 5.75 Å². The van der Waals surface area contributed by atoms with E-state index < -0.39 is 24.6 Å². The summed E-state index contributed by atoms with van der Waals surface area (Å²) in [5.41, 5.74) is 0.393. The Labute approximate surface area is 181 Å². The number of hydrogen-bond donors (Lipinski definition) is 2. The van der Waals surface area contributed by atoms with Gasteiger partial charge in [-0.2, -0.15) is 0 Å². The third-order valence-corrected chi connectivity index (χ3v) is 4.50. The molecule has 2 N–H and O–H groups in total. The standard InChI is InChI=1S/C22H30O9/c1-5-7-8-14(6-2)21(26)30-17-11-9-15(19(28-3)20(17)29-4)10-12-18(25)31-22(27)16(24)13-23/h9-12,14,16,23-24H,5-8,13H2,1-4H3/b12-10+. The van der Waals surface area contributed by atoms with Crippen LogP contribution >= 0.6 is 0 Å². The van der Waals surface area contributed by atoms with Crippen LogP contribution in [0.3, 0.4) is 0 Å². The van der Waals surface area contributed by atoms with E-state index in [0.717, 1.165) is 25.3 Å². The summed E-state index contributed by atoms with van der Waals surface area (Å²) in [5.74, 6) is -2.34. The van der Waals surface area contributed by atoms with Crippen LogP contribution in [0.25, 0.3) is 6.08 Å². The van der Waals surface area contributed by atoms with E-state index in [1.807, 2.05) is 6.92 Å². The van der Waals surface area contributed by atoms with Gasteiger partial charge in [-0.05, 0) is 31.1 Å². The molecule has 31 heavy (non-hydrogen) atoms. The SMILES string of the molecule is CCCCC(CC)C(=O)Oc1ccc(/C=C/C(=O)OC(=O)C(O)CO)c(OC)c1OC. The predicted molar refractivity (Wildman–Crippen MR) is 112 cm³/mol. The molecule has 0 heterocycles. The van der Waals surface area contributed by atoms with Crippen molar-refractivity contribution < 1.29 is 43.5 Å². The van der Waals surface area contributed by atoms with Gasteiger partial charge in [-0.15, -0.1) is 0 Å². The van der Waals surface area contributed by atoms with E-state index in [1.165, 1.54) is 26.4 Å². The zero-order valence-corrected chi connectivity index (χ0v) is 18.3. The van der Waals surface area contributed by atoms with Gasteiger partial charge in [0.15, 0.2) is 17.6 Å². The lowest BCUT2D eigenvalue weighted by Gasteiger charge is -2.17. The van der Waals surface area contributed by atoms with E-state index in [9.17, 15) is 14.4 Å². The Balaban J connectivity index is 3.05. The summed E-state index contributed by atoms with van der Waals surface area (Å²) >= 11 is 0. The zero-order valence-electron chi connectivity index (χ0n) is 18.3. The summed E-state index contributed by atoms with van der Waals surface area (Å²) in [6, 6.07) is 3.06. The molecular weight excluding hydrogens is 408 g/mol. The number of unbranched alkanes of at least 4 members (excludes halogenated alkanes) is 1. The van der Waals surface area contributed by atoms with Gasteiger partial charge in [0.1, 0.15) is 0 Å². The summed E-state index contributed by atoms with van der Waals surface area (Å²) in [7, 11) is 2.77. The highest BCUT2D eigenvalue weighted by Gasteiger charge is 2.23. The molecule has 0 saturated heterocycles. The van der Waals surface area contributed by atoms with Crippen molar-refractivity contribution in [3.63, 3.8) is 0 Å². The maximum Gasteiger partial charge on any atom is 0.345 e. The lowest BCUT2D eigenvalue weighted by atomic mass is 10.00. The van der Waals surface area contributed by atoms with Crippen molar-refractivity contribution in [1.82, 2.24) is 0 Å². The van der Waals surface area contributed by atoms with Crippen LogP contribution in [0.4, 0.5) is 0 Å². The molecule has 0 fully saturated rings. The Morgan fingerprint density at radius 2 is 1.74 bits per heavy atom. The molecule has 0 aliphatic carbocycles. The maximum atomic E-state index is 12.5. The molecule has 0 spiro atoms. The Bertz CT molecular complexity index is 785. The summed E-state index contributed by atoms with van der Waals surface area (Å²) in [4.78, 5) is 35.6. The Morgan fingerprint density at radius 3 is 2.29 bits per heavy atom. The highest BCUT2D eigenvalue weighted by Crippen LogP contribution is 2.41. The van der Waals surface area contributed by atoms with Crippen LogP contribution in [0.1, 0.15) is 45.1 Å². The van der Waals surface area contributed by atoms with E-state index >= 15 is 0 Å². The topological polar surface area (TPSA) is 129 Å². The summed E-state index contributed by atoms with van der Waals surface area (Å²) < 4.78 is 20.6. The van der Waals surface area contributed by atoms with E-state index in [-0.39, 0.29) is 29.1 Å². The van der Waals surface area contributed by atoms with Gasteiger partial charge in [-0.1, -0.05) is 26.7 Å². The molecule has 0 bridgehead atoms. The van der Waals surface area contributed by atoms with Crippen molar-refractivity contribution >= 4 is 24.0 Å². The van der Waals surface area contributed by atoms with Crippen LogP contribution < -0.4 is 14.2 Å². The first-order valence-corrected chi connectivity index (χ1v) is 10.0. The predicted octanol–water partition coefficient (Wildman–Crippen LogP) is 2.26. The first-order chi connectivity index (χ1) is 14.8. The number of methoxy groups -OCH3 is 2. The van der Waals surface area contributed by atoms with E-state index in [4.69, 9.17) is 24.4 Å². The number of carbonyl (C=O) groups excluding carboxylic acids is 3. The fraction of sp³-hybridized carbons (Fsp3) is 0.500. The molecule has 1 aromatic rings. The second-order valence-electron chi connectivity index (χ2n) is 6.66. The van der Waals surface area contributed by atoms with Crippen molar-refractivity contribution in [2.45, 2.75) is 45.6 Å². The van der Waals surface area contributed by atoms with E-state index in [2.05, 4.69) is 11.7 Å². The monoisotopic (exact) mass is 438 g/mol. The molecule has 0 aliphatic heterocycles. The molecule has 0 aliphatic rings. The molecule has 172 valence electrons. The minimum absolute atomic E-state index is 0.170. The number of aliphatic hydroxyl groups is 2. The fourth-order valence-electron chi connectivity index (χ4n) is 2.74. The van der Waals surface area contributed by atoms with Gasteiger partial charge in [-0.3, -0.25) is 4.79 Å². The fourth-order valence-corrected chi connectivity index (χ4v) is 2.74. The Hall–Kier alpha value is -2.91. The highest BCUT2D eigenvalue weighted by atomic mass is 16.6. The first-order valence-electron chi connectivity index (χ1n) is 10.0. The molecule has 1 rings (SSSR count). The van der Waals surface area contributed by atoms with Crippen LogP contribution in [0.2, 0.25) is 0 Å². The first kappa shape index (κ1) is 26.1. The van der Waals surface area contributed by atoms with E-state index in [1.54, 1.807) is 6.07 Å². The molecule has 2 unspecified atom stereocenters. The Kier molecular flexibility index (Phi) is 11.3. The van der Waals surface area contributed by atoms with Gasteiger partial charge < -0.3 is 29.2 Å². The molecule has 9 nitrogen and oxygen atoms in total. The molecule has 1 aromatic carbocycles. The van der Waals surface area contributed by atoms with Crippen LogP contribution in [-0.4, -0.2) is 55.1 Å². The number of carbonyl (C=O) groups is 3.